The van der Waals surface area contributed by atoms with E-state index in [0.29, 0.717) is 0 Å². The van der Waals surface area contributed by atoms with Gasteiger partial charge in [-0.05, 0) is 250 Å². The maximum absolute atomic E-state index is 3.62. The van der Waals surface area contributed by atoms with Crippen LogP contribution >= 0.6 is 31.9 Å². The van der Waals surface area contributed by atoms with Crippen LogP contribution in [0.3, 0.4) is 0 Å². The first-order chi connectivity index (χ1) is 60.9. The first-order valence-electron chi connectivity index (χ1n) is 42.1. The number of benzene rings is 21. The number of hydrogen-bond acceptors (Lipinski definition) is 3. The summed E-state index contributed by atoms with van der Waals surface area (Å²) < 4.78 is 2.18. The average Bonchev–Trinajstić information content (AvgIpc) is 1.57. The normalized spacial score (nSPS) is 12.2. The summed E-state index contributed by atoms with van der Waals surface area (Å²) in [7, 11) is 0. The monoisotopic (exact) mass is 1690 g/mol. The Balaban J connectivity index is 0.000000131. The second-order valence-electron chi connectivity index (χ2n) is 32.2. The van der Waals surface area contributed by atoms with E-state index < -0.39 is 0 Å². The molecule has 3 nitrogen and oxygen atoms in total. The van der Waals surface area contributed by atoms with E-state index in [1.54, 1.807) is 0 Å². The molecule has 0 saturated carbocycles. The molecule has 2 aliphatic carbocycles. The minimum atomic E-state index is 1.09. The van der Waals surface area contributed by atoms with Crippen molar-refractivity contribution in [2.75, 3.05) is 15.1 Å². The van der Waals surface area contributed by atoms with Crippen LogP contribution in [0.15, 0.2) is 446 Å². The Kier molecular flexibility index (Phi) is 17.3. The Morgan fingerprint density at radius 1 is 0.163 bits per heavy atom. The predicted molar refractivity (Wildman–Crippen MR) is 528 cm³/mol. The minimum absolute atomic E-state index is 1.09. The Labute approximate surface area is 731 Å². The molecule has 0 aromatic heterocycles. The van der Waals surface area contributed by atoms with E-state index in [9.17, 15) is 0 Å². The fraction of sp³-hybridized carbons (Fsp3) is 0. The summed E-state index contributed by atoms with van der Waals surface area (Å²) in [5.74, 6) is 0. The summed E-state index contributed by atoms with van der Waals surface area (Å²) in [5, 5.41) is 13.8. The predicted octanol–water partition coefficient (Wildman–Crippen LogP) is 34.8. The Morgan fingerprint density at radius 2 is 0.374 bits per heavy atom. The molecular formula is C118H73Br2N3. The van der Waals surface area contributed by atoms with Gasteiger partial charge in [0.05, 0.1) is 22.7 Å². The number of fused-ring (bicyclic) bond motifs is 23. The van der Waals surface area contributed by atoms with Crippen molar-refractivity contribution in [3.05, 3.63) is 446 Å². The van der Waals surface area contributed by atoms with Crippen LogP contribution in [0.4, 0.5) is 45.5 Å². The van der Waals surface area contributed by atoms with Gasteiger partial charge >= 0.3 is 0 Å². The van der Waals surface area contributed by atoms with Crippen LogP contribution in [0, 0.1) is 0 Å². The summed E-state index contributed by atoms with van der Waals surface area (Å²) in [4.78, 5) is 4.89. The number of nitrogens with zero attached hydrogens (tertiary/aromatic N) is 2. The molecule has 0 spiro atoms. The topological polar surface area (TPSA) is 18.5 Å². The zero-order valence-electron chi connectivity index (χ0n) is 66.7. The van der Waals surface area contributed by atoms with Crippen LogP contribution in [0.5, 0.6) is 0 Å². The molecule has 0 atom stereocenters. The van der Waals surface area contributed by atoms with E-state index in [0.717, 1.165) is 20.3 Å². The van der Waals surface area contributed by atoms with Gasteiger partial charge in [0.25, 0.3) is 0 Å². The Hall–Kier alpha value is -15.0. The third-order valence-corrected chi connectivity index (χ3v) is 26.7. The van der Waals surface area contributed by atoms with Gasteiger partial charge in [-0.25, -0.2) is 0 Å². The van der Waals surface area contributed by atoms with E-state index in [1.807, 2.05) is 0 Å². The van der Waals surface area contributed by atoms with E-state index in [-0.39, 0.29) is 0 Å². The minimum Gasteiger partial charge on any atom is -0.355 e. The molecule has 0 bridgehead atoms. The number of halogens is 2. The van der Waals surface area contributed by atoms with Crippen LogP contribution in [-0.2, 0) is 0 Å². The molecule has 0 radical (unpaired) electrons. The molecule has 0 amide bonds. The number of hydrogen-bond donors (Lipinski definition) is 1. The van der Waals surface area contributed by atoms with Gasteiger partial charge in [-0.15, -0.1) is 0 Å². The van der Waals surface area contributed by atoms with Crippen LogP contribution in [0.2, 0.25) is 0 Å². The fourth-order valence-electron chi connectivity index (χ4n) is 20.5. The van der Waals surface area contributed by atoms with Crippen molar-refractivity contribution in [3.8, 4) is 156 Å². The molecule has 1 N–H and O–H groups in total. The van der Waals surface area contributed by atoms with Gasteiger partial charge in [0.2, 0.25) is 0 Å². The summed E-state index contributed by atoms with van der Waals surface area (Å²) in [6.45, 7) is 0. The molecule has 0 saturated heterocycles. The second kappa shape index (κ2) is 29.5. The number of para-hydroxylation sites is 6. The van der Waals surface area contributed by atoms with Gasteiger partial charge in [0.1, 0.15) is 0 Å². The molecule has 0 unspecified atom stereocenters. The molecule has 21 aromatic rings. The van der Waals surface area contributed by atoms with Crippen LogP contribution in [0.1, 0.15) is 0 Å². The quantitative estimate of drug-likeness (QED) is 0.179. The van der Waals surface area contributed by atoms with Crippen LogP contribution in [-0.4, -0.2) is 0 Å². The van der Waals surface area contributed by atoms with Crippen molar-refractivity contribution < 1.29 is 0 Å². The summed E-state index contributed by atoms with van der Waals surface area (Å²) in [6, 6.07) is 160. The van der Waals surface area contributed by atoms with E-state index in [1.165, 1.54) is 233 Å². The van der Waals surface area contributed by atoms with Gasteiger partial charge in [-0.1, -0.05) is 384 Å². The maximum Gasteiger partial charge on any atom is 0.0540 e. The van der Waals surface area contributed by atoms with E-state index in [4.69, 9.17) is 0 Å². The molecule has 574 valence electrons. The molecule has 5 aliphatic rings. The third kappa shape index (κ3) is 11.7. The lowest BCUT2D eigenvalue weighted by atomic mass is 9.82. The van der Waals surface area contributed by atoms with Gasteiger partial charge in [-0.3, -0.25) is 0 Å². The highest BCUT2D eigenvalue weighted by Gasteiger charge is 2.35. The molecule has 26 rings (SSSR count). The smallest absolute Gasteiger partial charge is 0.0540 e. The Morgan fingerprint density at radius 3 is 0.650 bits per heavy atom. The SMILES string of the molecule is Brc1ccc(-c2c3c(c(-c4ccc(Br)cc4)c4ccccc24)-c2cccc4cccc-3c24)cc1.c1ccc2c(c1)-c1ccccc1N(c1ccc(-c3c4c(c(-c5ccc(N6c7ccccc7-c7ccccc7-c7ccccc76)cc5)c5ccccc35)-c3cccc5cccc-4c35)cc1)c1ccccc1-2.c1ccc2c(c1)Nc1ccccc1-c1ccccc1-2. The first-order valence-corrected chi connectivity index (χ1v) is 43.7. The van der Waals surface area contributed by atoms with Crippen molar-refractivity contribution >= 4 is 120 Å². The van der Waals surface area contributed by atoms with Crippen molar-refractivity contribution in [2.24, 2.45) is 0 Å². The summed E-state index contributed by atoms with van der Waals surface area (Å²) >= 11 is 7.24. The zero-order valence-corrected chi connectivity index (χ0v) is 69.9. The van der Waals surface area contributed by atoms with Gasteiger partial charge in [0.15, 0.2) is 0 Å². The highest BCUT2D eigenvalue weighted by molar-refractivity contribution is 9.10. The van der Waals surface area contributed by atoms with Crippen LogP contribution in [0.25, 0.3) is 199 Å². The molecule has 3 heterocycles. The molecule has 21 aromatic carbocycles. The highest BCUT2D eigenvalue weighted by Crippen LogP contribution is 2.62. The van der Waals surface area contributed by atoms with E-state index in [2.05, 4.69) is 484 Å². The Bertz CT molecular complexity index is 7330. The molecule has 123 heavy (non-hydrogen) atoms. The number of anilines is 8. The van der Waals surface area contributed by atoms with Gasteiger partial charge in [-0.2, -0.15) is 0 Å². The molecule has 3 aliphatic heterocycles. The largest absolute Gasteiger partial charge is 0.355 e. The summed E-state index contributed by atoms with van der Waals surface area (Å²) in [5.41, 5.74) is 44.8. The molecule has 0 fully saturated rings. The number of rotatable bonds is 6. The molecular weight excluding hydrogens is 1620 g/mol. The summed E-state index contributed by atoms with van der Waals surface area (Å²) in [6.07, 6.45) is 0. The van der Waals surface area contributed by atoms with Gasteiger partial charge < -0.3 is 15.1 Å². The van der Waals surface area contributed by atoms with Crippen LogP contribution < -0.4 is 15.1 Å². The van der Waals surface area contributed by atoms with E-state index >= 15 is 0 Å². The zero-order chi connectivity index (χ0) is 81.3. The average molecular weight is 1690 g/mol. The molecule has 5 heteroatoms. The fourth-order valence-corrected chi connectivity index (χ4v) is 21.0. The van der Waals surface area contributed by atoms with Crippen molar-refractivity contribution in [1.82, 2.24) is 0 Å². The van der Waals surface area contributed by atoms with Gasteiger partial charge in [0, 0.05) is 65.1 Å². The van der Waals surface area contributed by atoms with Crippen molar-refractivity contribution in [3.63, 3.8) is 0 Å². The maximum atomic E-state index is 3.62. The lowest BCUT2D eigenvalue weighted by Crippen LogP contribution is -2.10. The highest BCUT2D eigenvalue weighted by atomic mass is 79.9. The van der Waals surface area contributed by atoms with Crippen molar-refractivity contribution in [1.29, 1.82) is 0 Å². The lowest BCUT2D eigenvalue weighted by Gasteiger charge is -2.28. The number of nitrogens with one attached hydrogen (secondary N) is 1. The second-order valence-corrected chi connectivity index (χ2v) is 34.0. The lowest BCUT2D eigenvalue weighted by molar-refractivity contribution is 1.29. The third-order valence-electron chi connectivity index (χ3n) is 25.6. The van der Waals surface area contributed by atoms with Crippen molar-refractivity contribution in [2.45, 2.75) is 0 Å². The standard InChI is InChI=1S/C68H42N2.C32H18Br2.C18H13N/c1-2-20-49-48(19-1)52-23-7-11-31-60(52)69(61-32-12-8-24-53(49)61)46-39-35-44(36-40-46)65-56-27-5-6-28-57(56)66(68-59-30-16-18-43-17-15-29-58(64(43)59)67(65)68)45-37-41-47(42-38-45)70-62-33-13-9-25-54(62)50-21-3-4-22-51(50)55-26-10-14-34-63(55)70;33-22-15-11-20(12-16-22)29-24-7-1-2-8-25(24)30(21-13-17-23(34)18-14-21)32-27-10-4-6-19-5-3-9-26(28(19)27)31(29)32;1-2-8-14-13(7-1)15-9-3-5-11-17(15)19-18-12-6-4-10-16(14)18/h1-42H;1-18H;1-12,19H. The first kappa shape index (κ1) is 72.1.